The number of hydrogen-bond acceptors (Lipinski definition) is 5. The van der Waals surface area contributed by atoms with Crippen molar-refractivity contribution < 1.29 is 32.2 Å². The van der Waals surface area contributed by atoms with E-state index in [-0.39, 0.29) is 23.7 Å². The monoisotopic (exact) mass is 772 g/mol. The number of nitrogens with one attached hydrogen (secondary N) is 1. The first-order valence-electron chi connectivity index (χ1n) is 19.3. The fourth-order valence-corrected chi connectivity index (χ4v) is 9.67. The molecule has 4 aromatic carbocycles. The highest BCUT2D eigenvalue weighted by molar-refractivity contribution is 7.85. The van der Waals surface area contributed by atoms with Crippen molar-refractivity contribution in [2.45, 2.75) is 65.2 Å². The maximum Gasteiger partial charge on any atom is 0.319 e. The van der Waals surface area contributed by atoms with E-state index in [1.807, 2.05) is 30.4 Å². The molecular formula is C46H50N3O6S+. The van der Waals surface area contributed by atoms with Gasteiger partial charge in [-0.25, -0.2) is 0 Å². The van der Waals surface area contributed by atoms with E-state index < -0.39 is 39.7 Å². The molecule has 9 nitrogen and oxygen atoms in total. The molecule has 3 N–H and O–H groups in total. The van der Waals surface area contributed by atoms with Gasteiger partial charge in [0.1, 0.15) is 6.54 Å². The third-order valence-electron chi connectivity index (χ3n) is 11.9. The number of anilines is 1. The van der Waals surface area contributed by atoms with Crippen molar-refractivity contribution in [2.75, 3.05) is 30.3 Å². The number of benzene rings is 4. The fourth-order valence-electron chi connectivity index (χ4n) is 9.31. The molecule has 10 heteroatoms. The Morgan fingerprint density at radius 3 is 2.11 bits per heavy atom. The smallest absolute Gasteiger partial charge is 0.319 e. The normalized spacial score (nSPS) is 21.6. The Hall–Kier alpha value is -5.32. The van der Waals surface area contributed by atoms with Crippen LogP contribution < -0.4 is 10.2 Å². The summed E-state index contributed by atoms with van der Waals surface area (Å²) >= 11 is 0. The van der Waals surface area contributed by atoms with Gasteiger partial charge in [0.2, 0.25) is 11.6 Å². The van der Waals surface area contributed by atoms with Gasteiger partial charge in [-0.2, -0.15) is 13.0 Å². The van der Waals surface area contributed by atoms with Crippen LogP contribution in [-0.4, -0.2) is 65.6 Å². The van der Waals surface area contributed by atoms with Crippen LogP contribution in [0.4, 0.5) is 11.4 Å². The molecule has 0 bridgehead atoms. The Morgan fingerprint density at radius 2 is 1.48 bits per heavy atom. The fraction of sp³-hybridized carbons (Fsp3) is 0.326. The molecule has 290 valence electrons. The van der Waals surface area contributed by atoms with E-state index in [9.17, 15) is 27.7 Å². The van der Waals surface area contributed by atoms with Crippen molar-refractivity contribution >= 4 is 60.6 Å². The van der Waals surface area contributed by atoms with E-state index >= 15 is 0 Å². The average Bonchev–Trinajstić information content (AvgIpc) is 3.53. The van der Waals surface area contributed by atoms with E-state index in [1.165, 1.54) is 21.9 Å². The lowest BCUT2D eigenvalue weighted by Crippen LogP contribution is -2.49. The lowest BCUT2D eigenvalue weighted by atomic mass is 9.71. The topological polar surface area (TPSA) is 127 Å². The molecule has 1 atom stereocenters. The highest BCUT2D eigenvalue weighted by Gasteiger charge is 2.49. The molecule has 0 radical (unpaired) electrons. The predicted molar refractivity (Wildman–Crippen MR) is 225 cm³/mol. The van der Waals surface area contributed by atoms with Crippen molar-refractivity contribution in [3.63, 3.8) is 0 Å². The van der Waals surface area contributed by atoms with E-state index in [4.69, 9.17) is 0 Å². The first kappa shape index (κ1) is 38.9. The molecule has 0 fully saturated rings. The van der Waals surface area contributed by atoms with Gasteiger partial charge in [-0.15, -0.1) is 0 Å². The zero-order valence-corrected chi connectivity index (χ0v) is 33.7. The van der Waals surface area contributed by atoms with E-state index in [1.54, 1.807) is 0 Å². The molecule has 56 heavy (non-hydrogen) atoms. The molecule has 7 rings (SSSR count). The Balaban J connectivity index is 1.33. The van der Waals surface area contributed by atoms with Crippen molar-refractivity contribution in [3.8, 4) is 0 Å². The molecule has 1 aliphatic carbocycles. The maximum absolute atomic E-state index is 13.9. The summed E-state index contributed by atoms with van der Waals surface area (Å²) in [5, 5.41) is 18.0. The second kappa shape index (κ2) is 14.3. The number of carbonyl (C=O) groups excluding carboxylic acids is 1. The number of fused-ring (bicyclic) bond motifs is 6. The number of nitrogens with zero attached hydrogens (tertiary/aromatic N) is 2. The number of carbonyl (C=O) groups is 2. The zero-order chi connectivity index (χ0) is 40.2. The van der Waals surface area contributed by atoms with Gasteiger partial charge in [0.05, 0.1) is 11.2 Å². The highest BCUT2D eigenvalue weighted by atomic mass is 32.2. The van der Waals surface area contributed by atoms with Crippen LogP contribution >= 0.6 is 0 Å². The molecule has 3 aliphatic rings. The van der Waals surface area contributed by atoms with Crippen LogP contribution in [0.2, 0.25) is 0 Å². The summed E-state index contributed by atoms with van der Waals surface area (Å²) in [4.78, 5) is 29.5. The summed E-state index contributed by atoms with van der Waals surface area (Å²) in [5.41, 5.74) is 5.46. The van der Waals surface area contributed by atoms with Gasteiger partial charge < -0.3 is 15.3 Å². The van der Waals surface area contributed by atoms with E-state index in [0.717, 1.165) is 46.6 Å². The Morgan fingerprint density at radius 1 is 0.839 bits per heavy atom. The largest absolute Gasteiger partial charge is 0.480 e. The lowest BCUT2D eigenvalue weighted by molar-refractivity contribution is -0.433. The molecule has 0 saturated carbocycles. The van der Waals surface area contributed by atoms with Crippen LogP contribution in [0.3, 0.4) is 0 Å². The Labute approximate surface area is 329 Å². The number of allylic oxidation sites excluding steroid dienone is 8. The van der Waals surface area contributed by atoms with Crippen molar-refractivity contribution in [2.24, 2.45) is 5.41 Å². The van der Waals surface area contributed by atoms with Crippen molar-refractivity contribution in [1.82, 2.24) is 5.32 Å². The van der Waals surface area contributed by atoms with Crippen LogP contribution in [0.5, 0.6) is 0 Å². The molecule has 1 amide bonds. The number of rotatable bonds is 10. The van der Waals surface area contributed by atoms with Gasteiger partial charge in [-0.3, -0.25) is 14.1 Å². The highest BCUT2D eigenvalue weighted by Crippen LogP contribution is 2.51. The number of carboxylic acid groups (broad SMARTS) is 1. The standard InChI is InChI=1S/C46H49N3O6S/c1-7-48-36-21-19-32-13-9-11-15-34(32)40(36)44(3,4)38(48)23-17-30-27-31(29-46(28-30,43(51)52)42(50)47-25-26-56(53,54)55)18-24-39-45(5,6)41-35-16-12-10-14-33(35)20-22-37(41)49(39)8-2/h9-24,27H,7-8,25-26,28-29H2,1-6H3,(H2-,47,50,51,52,53,54,55)/p+1. The Kier molecular flexibility index (Phi) is 9.95. The van der Waals surface area contributed by atoms with Crippen molar-refractivity contribution in [1.29, 1.82) is 0 Å². The number of carboxylic acids is 1. The number of likely N-dealkylation sites (N-methyl/N-ethyl adjacent to an activating group) is 1. The van der Waals surface area contributed by atoms with Gasteiger partial charge in [0.25, 0.3) is 10.1 Å². The van der Waals surface area contributed by atoms with Gasteiger partial charge in [0, 0.05) is 47.6 Å². The van der Waals surface area contributed by atoms with Gasteiger partial charge in [0.15, 0.2) is 11.1 Å². The summed E-state index contributed by atoms with van der Waals surface area (Å²) < 4.78 is 34.6. The van der Waals surface area contributed by atoms with E-state index in [2.05, 4.69) is 129 Å². The minimum Gasteiger partial charge on any atom is -0.480 e. The van der Waals surface area contributed by atoms with Crippen LogP contribution in [0.25, 0.3) is 21.5 Å². The quantitative estimate of drug-likeness (QED) is 0.0840. The maximum atomic E-state index is 13.9. The summed E-state index contributed by atoms with van der Waals surface area (Å²) in [5.74, 6) is -2.83. The number of hydrogen-bond donors (Lipinski definition) is 3. The molecule has 1 unspecified atom stereocenters. The molecule has 2 aliphatic heterocycles. The molecule has 0 aromatic heterocycles. The lowest BCUT2D eigenvalue weighted by Gasteiger charge is -2.33. The zero-order valence-electron chi connectivity index (χ0n) is 32.9. The predicted octanol–water partition coefficient (Wildman–Crippen LogP) is 8.37. The van der Waals surface area contributed by atoms with E-state index in [0.29, 0.717) is 11.1 Å². The first-order chi connectivity index (χ1) is 26.5. The minimum atomic E-state index is -4.37. The minimum absolute atomic E-state index is 0.107. The van der Waals surface area contributed by atoms with Crippen LogP contribution in [0.1, 0.15) is 65.5 Å². The third-order valence-corrected chi connectivity index (χ3v) is 12.6. The summed E-state index contributed by atoms with van der Waals surface area (Å²) in [7, 11) is -4.37. The average molecular weight is 773 g/mol. The molecule has 2 heterocycles. The van der Waals surface area contributed by atoms with Gasteiger partial charge in [-0.05, 0) is 97.0 Å². The second-order valence-electron chi connectivity index (χ2n) is 16.1. The Bertz CT molecular complexity index is 2580. The van der Waals surface area contributed by atoms with Crippen LogP contribution in [0, 0.1) is 5.41 Å². The van der Waals surface area contributed by atoms with Crippen molar-refractivity contribution in [3.05, 3.63) is 131 Å². The van der Waals surface area contributed by atoms with Gasteiger partial charge in [-0.1, -0.05) is 86.7 Å². The SMILES string of the molecule is CCN1/C(=C/C=C2C=C(/C=C/C3=[N+](CC)c4ccc5ccccc5c4C3(C)C)CC(C(=O)O)(C(=O)NCCS(=O)(=O)O)C/2)C(C)(C)c2c1ccc1ccccc21. The summed E-state index contributed by atoms with van der Waals surface area (Å²) in [6, 6.07) is 25.3. The summed E-state index contributed by atoms with van der Waals surface area (Å²) in [6.07, 6.45) is 9.72. The third kappa shape index (κ3) is 6.58. The molecular weight excluding hydrogens is 723 g/mol. The van der Waals surface area contributed by atoms with Crippen LogP contribution in [0.15, 0.2) is 120 Å². The first-order valence-corrected chi connectivity index (χ1v) is 20.9. The second-order valence-corrected chi connectivity index (χ2v) is 17.7. The van der Waals surface area contributed by atoms with Crippen LogP contribution in [-0.2, 0) is 30.5 Å². The molecule has 0 spiro atoms. The number of aliphatic carboxylic acids is 1. The molecule has 0 saturated heterocycles. The number of amides is 1. The summed E-state index contributed by atoms with van der Waals surface area (Å²) in [6.45, 7) is 14.1. The van der Waals surface area contributed by atoms with Gasteiger partial charge >= 0.3 is 5.97 Å². The molecule has 4 aromatic rings.